The van der Waals surface area contributed by atoms with Gasteiger partial charge in [0.2, 0.25) is 0 Å². The SMILES string of the molecule is Nc1ccc(C(=O)NC(CCC(=O)O)C(=O)O)c(N)c1. The number of carbonyl (C=O) groups excluding carboxylic acids is 1. The zero-order chi connectivity index (χ0) is 15.3. The maximum atomic E-state index is 11.9. The van der Waals surface area contributed by atoms with E-state index < -0.39 is 23.9 Å². The summed E-state index contributed by atoms with van der Waals surface area (Å²) in [6.07, 6.45) is -0.584. The van der Waals surface area contributed by atoms with Gasteiger partial charge in [-0.2, -0.15) is 0 Å². The molecule has 0 aliphatic heterocycles. The van der Waals surface area contributed by atoms with Crippen LogP contribution in [0.4, 0.5) is 11.4 Å². The predicted molar refractivity (Wildman–Crippen MR) is 71.0 cm³/mol. The number of carboxylic acids is 2. The monoisotopic (exact) mass is 281 g/mol. The fraction of sp³-hybridized carbons (Fsp3) is 0.250. The van der Waals surface area contributed by atoms with Crippen molar-refractivity contribution in [1.82, 2.24) is 5.32 Å². The van der Waals surface area contributed by atoms with Crippen LogP contribution in [0.25, 0.3) is 0 Å². The lowest BCUT2D eigenvalue weighted by atomic mass is 10.1. The van der Waals surface area contributed by atoms with Gasteiger partial charge in [0.25, 0.3) is 5.91 Å². The lowest BCUT2D eigenvalue weighted by molar-refractivity contribution is -0.140. The van der Waals surface area contributed by atoms with E-state index in [1.165, 1.54) is 18.2 Å². The van der Waals surface area contributed by atoms with Crippen molar-refractivity contribution < 1.29 is 24.6 Å². The Kier molecular flexibility index (Phi) is 4.90. The average Bonchev–Trinajstić information content (AvgIpc) is 2.33. The average molecular weight is 281 g/mol. The molecule has 1 rings (SSSR count). The number of benzene rings is 1. The van der Waals surface area contributed by atoms with Gasteiger partial charge in [0.1, 0.15) is 6.04 Å². The van der Waals surface area contributed by atoms with Gasteiger partial charge in [-0.15, -0.1) is 0 Å². The molecule has 0 aromatic heterocycles. The van der Waals surface area contributed by atoms with E-state index >= 15 is 0 Å². The lowest BCUT2D eigenvalue weighted by Crippen LogP contribution is -2.41. The number of hydrogen-bond acceptors (Lipinski definition) is 5. The van der Waals surface area contributed by atoms with E-state index in [2.05, 4.69) is 5.32 Å². The lowest BCUT2D eigenvalue weighted by Gasteiger charge is -2.14. The number of nitrogen functional groups attached to an aromatic ring is 2. The van der Waals surface area contributed by atoms with Crippen LogP contribution in [0.1, 0.15) is 23.2 Å². The minimum Gasteiger partial charge on any atom is -0.481 e. The highest BCUT2D eigenvalue weighted by Gasteiger charge is 2.22. The van der Waals surface area contributed by atoms with Gasteiger partial charge < -0.3 is 27.0 Å². The molecule has 0 saturated carbocycles. The summed E-state index contributed by atoms with van der Waals surface area (Å²) >= 11 is 0. The summed E-state index contributed by atoms with van der Waals surface area (Å²) in [5.74, 6) is -3.15. The molecule has 8 nitrogen and oxygen atoms in total. The van der Waals surface area contributed by atoms with E-state index in [9.17, 15) is 14.4 Å². The molecule has 1 aromatic carbocycles. The maximum Gasteiger partial charge on any atom is 0.326 e. The zero-order valence-corrected chi connectivity index (χ0v) is 10.5. The van der Waals surface area contributed by atoms with Gasteiger partial charge in [-0.1, -0.05) is 0 Å². The third-order valence-electron chi connectivity index (χ3n) is 2.57. The van der Waals surface area contributed by atoms with Crippen molar-refractivity contribution in [3.63, 3.8) is 0 Å². The van der Waals surface area contributed by atoms with Crippen LogP contribution in [-0.4, -0.2) is 34.1 Å². The first-order valence-electron chi connectivity index (χ1n) is 5.71. The summed E-state index contributed by atoms with van der Waals surface area (Å²) in [5, 5.41) is 19.7. The van der Waals surface area contributed by atoms with E-state index in [0.29, 0.717) is 5.69 Å². The highest BCUT2D eigenvalue weighted by molar-refractivity contribution is 6.01. The largest absolute Gasteiger partial charge is 0.481 e. The number of carbonyl (C=O) groups is 3. The van der Waals surface area contributed by atoms with E-state index in [1.54, 1.807) is 0 Å². The quantitative estimate of drug-likeness (QED) is 0.456. The molecule has 0 aliphatic carbocycles. The van der Waals surface area contributed by atoms with Crippen LogP contribution in [0.2, 0.25) is 0 Å². The van der Waals surface area contributed by atoms with Gasteiger partial charge in [-0.05, 0) is 24.6 Å². The topological polar surface area (TPSA) is 156 Å². The van der Waals surface area contributed by atoms with Crippen LogP contribution >= 0.6 is 0 Å². The van der Waals surface area contributed by atoms with Crippen LogP contribution in [-0.2, 0) is 9.59 Å². The molecule has 1 amide bonds. The fourth-order valence-electron chi connectivity index (χ4n) is 1.55. The molecule has 0 bridgehead atoms. The molecule has 20 heavy (non-hydrogen) atoms. The number of nitrogens with one attached hydrogen (secondary N) is 1. The second-order valence-corrected chi connectivity index (χ2v) is 4.14. The third kappa shape index (κ3) is 4.16. The van der Waals surface area contributed by atoms with Crippen molar-refractivity contribution in [2.24, 2.45) is 0 Å². The summed E-state index contributed by atoms with van der Waals surface area (Å²) in [6, 6.07) is 2.91. The van der Waals surface area contributed by atoms with Gasteiger partial charge in [-0.3, -0.25) is 9.59 Å². The Labute approximate surface area is 114 Å². The van der Waals surface area contributed by atoms with Gasteiger partial charge in [-0.25, -0.2) is 4.79 Å². The molecular formula is C12H15N3O5. The Bertz CT molecular complexity index is 544. The first kappa shape index (κ1) is 15.3. The predicted octanol–water partition coefficient (Wildman–Crippen LogP) is -0.101. The first-order chi connectivity index (χ1) is 9.31. The third-order valence-corrected chi connectivity index (χ3v) is 2.57. The highest BCUT2D eigenvalue weighted by Crippen LogP contribution is 2.16. The van der Waals surface area contributed by atoms with E-state index in [0.717, 1.165) is 0 Å². The number of amides is 1. The number of hydrogen-bond donors (Lipinski definition) is 5. The molecule has 0 radical (unpaired) electrons. The summed E-state index contributed by atoms with van der Waals surface area (Å²) in [7, 11) is 0. The van der Waals surface area contributed by atoms with Crippen molar-refractivity contribution in [3.8, 4) is 0 Å². The molecule has 1 atom stereocenters. The molecule has 108 valence electrons. The number of aliphatic carboxylic acids is 2. The van der Waals surface area contributed by atoms with Crippen LogP contribution in [0.15, 0.2) is 18.2 Å². The molecule has 0 aliphatic rings. The summed E-state index contributed by atoms with van der Waals surface area (Å²) < 4.78 is 0. The molecule has 0 heterocycles. The molecule has 8 heteroatoms. The van der Waals surface area contributed by atoms with Crippen LogP contribution < -0.4 is 16.8 Å². The van der Waals surface area contributed by atoms with Gasteiger partial charge in [0, 0.05) is 17.8 Å². The Hall–Kier alpha value is -2.77. The van der Waals surface area contributed by atoms with Crippen molar-refractivity contribution >= 4 is 29.2 Å². The van der Waals surface area contributed by atoms with E-state index in [1.807, 2.05) is 0 Å². The summed E-state index contributed by atoms with van der Waals surface area (Å²) in [5.41, 5.74) is 11.7. The normalized spacial score (nSPS) is 11.6. The molecule has 0 saturated heterocycles. The van der Waals surface area contributed by atoms with Crippen molar-refractivity contribution in [3.05, 3.63) is 23.8 Å². The molecule has 1 aromatic rings. The standard InChI is InChI=1S/C12H15N3O5/c13-6-1-2-7(8(14)5-6)11(18)15-9(12(19)20)3-4-10(16)17/h1-2,5,9H,3-4,13-14H2,(H,15,18)(H,16,17)(H,19,20). The van der Waals surface area contributed by atoms with Crippen LogP contribution in [0, 0.1) is 0 Å². The minimum absolute atomic E-state index is 0.0841. The molecule has 1 unspecified atom stereocenters. The number of carboxylic acid groups (broad SMARTS) is 2. The second kappa shape index (κ2) is 6.41. The fourth-order valence-corrected chi connectivity index (χ4v) is 1.55. The Morgan fingerprint density at radius 3 is 2.35 bits per heavy atom. The molecule has 0 fully saturated rings. The highest BCUT2D eigenvalue weighted by atomic mass is 16.4. The van der Waals surface area contributed by atoms with Crippen molar-refractivity contribution in [1.29, 1.82) is 0 Å². The van der Waals surface area contributed by atoms with E-state index in [-0.39, 0.29) is 24.1 Å². The second-order valence-electron chi connectivity index (χ2n) is 4.14. The van der Waals surface area contributed by atoms with Crippen LogP contribution in [0.3, 0.4) is 0 Å². The Morgan fingerprint density at radius 2 is 1.85 bits per heavy atom. The van der Waals surface area contributed by atoms with Gasteiger partial charge in [0.15, 0.2) is 0 Å². The number of anilines is 2. The zero-order valence-electron chi connectivity index (χ0n) is 10.5. The summed E-state index contributed by atoms with van der Waals surface area (Å²) in [4.78, 5) is 33.3. The molecule has 7 N–H and O–H groups in total. The smallest absolute Gasteiger partial charge is 0.326 e. The molecular weight excluding hydrogens is 266 g/mol. The van der Waals surface area contributed by atoms with Crippen molar-refractivity contribution in [2.75, 3.05) is 11.5 Å². The van der Waals surface area contributed by atoms with Gasteiger partial charge in [0.05, 0.1) is 5.56 Å². The van der Waals surface area contributed by atoms with Gasteiger partial charge >= 0.3 is 11.9 Å². The maximum absolute atomic E-state index is 11.9. The van der Waals surface area contributed by atoms with Crippen molar-refractivity contribution in [2.45, 2.75) is 18.9 Å². The Morgan fingerprint density at radius 1 is 1.20 bits per heavy atom. The number of rotatable bonds is 6. The first-order valence-corrected chi connectivity index (χ1v) is 5.71. The Balaban J connectivity index is 2.80. The molecule has 0 spiro atoms. The minimum atomic E-state index is -1.31. The van der Waals surface area contributed by atoms with Crippen LogP contribution in [0.5, 0.6) is 0 Å². The number of nitrogens with two attached hydrogens (primary N) is 2. The van der Waals surface area contributed by atoms with E-state index in [4.69, 9.17) is 21.7 Å². The summed E-state index contributed by atoms with van der Waals surface area (Å²) in [6.45, 7) is 0.